The van der Waals surface area contributed by atoms with Crippen molar-refractivity contribution in [3.63, 3.8) is 0 Å². The Labute approximate surface area is 136 Å². The highest BCUT2D eigenvalue weighted by Gasteiger charge is 2.32. The van der Waals surface area contributed by atoms with Crippen LogP contribution in [-0.2, 0) is 4.74 Å². The SMILES string of the molecule is CC(C)(C)OC(=O)N1CCC(NC2CSc3ccccc32)C1. The van der Waals surface area contributed by atoms with Crippen LogP contribution in [0.2, 0.25) is 0 Å². The number of rotatable bonds is 2. The first kappa shape index (κ1) is 15.7. The van der Waals surface area contributed by atoms with E-state index in [-0.39, 0.29) is 6.09 Å². The molecule has 3 rings (SSSR count). The maximum atomic E-state index is 12.1. The van der Waals surface area contributed by atoms with Gasteiger partial charge in [-0.15, -0.1) is 11.8 Å². The highest BCUT2D eigenvalue weighted by atomic mass is 32.2. The van der Waals surface area contributed by atoms with E-state index in [1.165, 1.54) is 10.5 Å². The number of ether oxygens (including phenoxy) is 1. The monoisotopic (exact) mass is 320 g/mol. The van der Waals surface area contributed by atoms with Crippen molar-refractivity contribution in [3.05, 3.63) is 29.8 Å². The number of thioether (sulfide) groups is 1. The van der Waals surface area contributed by atoms with Crippen molar-refractivity contribution in [1.29, 1.82) is 0 Å². The van der Waals surface area contributed by atoms with Crippen LogP contribution in [0, 0.1) is 0 Å². The Morgan fingerprint density at radius 3 is 2.91 bits per heavy atom. The molecule has 2 aliphatic heterocycles. The van der Waals surface area contributed by atoms with Crippen LogP contribution in [-0.4, -0.2) is 41.5 Å². The molecule has 1 fully saturated rings. The molecule has 4 nitrogen and oxygen atoms in total. The zero-order chi connectivity index (χ0) is 15.7. The van der Waals surface area contributed by atoms with E-state index in [4.69, 9.17) is 4.74 Å². The lowest BCUT2D eigenvalue weighted by Crippen LogP contribution is -2.39. The number of carbonyl (C=O) groups excluding carboxylic acids is 1. The molecule has 1 amide bonds. The van der Waals surface area contributed by atoms with Crippen LogP contribution in [0.1, 0.15) is 38.8 Å². The smallest absolute Gasteiger partial charge is 0.410 e. The number of carbonyl (C=O) groups is 1. The second kappa shape index (κ2) is 6.13. The van der Waals surface area contributed by atoms with E-state index in [2.05, 4.69) is 29.6 Å². The summed E-state index contributed by atoms with van der Waals surface area (Å²) in [5.74, 6) is 1.07. The Hall–Kier alpha value is -1.20. The normalized spacial score (nSPS) is 24.4. The van der Waals surface area contributed by atoms with Crippen LogP contribution in [0.3, 0.4) is 0 Å². The summed E-state index contributed by atoms with van der Waals surface area (Å²) in [4.78, 5) is 15.3. The first-order valence-corrected chi connectivity index (χ1v) is 8.86. The number of nitrogens with zero attached hydrogens (tertiary/aromatic N) is 1. The van der Waals surface area contributed by atoms with Crippen LogP contribution in [0.5, 0.6) is 0 Å². The summed E-state index contributed by atoms with van der Waals surface area (Å²) in [5, 5.41) is 3.71. The molecule has 1 N–H and O–H groups in total. The van der Waals surface area contributed by atoms with Gasteiger partial charge < -0.3 is 15.0 Å². The van der Waals surface area contributed by atoms with Gasteiger partial charge in [-0.3, -0.25) is 0 Å². The minimum Gasteiger partial charge on any atom is -0.444 e. The highest BCUT2D eigenvalue weighted by molar-refractivity contribution is 7.99. The van der Waals surface area contributed by atoms with Gasteiger partial charge in [-0.25, -0.2) is 4.79 Å². The molecule has 0 aliphatic carbocycles. The Kier molecular flexibility index (Phi) is 4.37. The fourth-order valence-corrected chi connectivity index (χ4v) is 4.15. The van der Waals surface area contributed by atoms with E-state index in [0.29, 0.717) is 12.1 Å². The third-order valence-corrected chi connectivity index (χ3v) is 5.16. The molecule has 0 aromatic heterocycles. The van der Waals surface area contributed by atoms with Crippen molar-refractivity contribution in [2.75, 3.05) is 18.8 Å². The Bertz CT molecular complexity index is 556. The topological polar surface area (TPSA) is 41.6 Å². The number of hydrogen-bond donors (Lipinski definition) is 1. The van der Waals surface area contributed by atoms with E-state index in [9.17, 15) is 4.79 Å². The molecule has 22 heavy (non-hydrogen) atoms. The fraction of sp³-hybridized carbons (Fsp3) is 0.588. The van der Waals surface area contributed by atoms with Crippen LogP contribution >= 0.6 is 11.8 Å². The molecule has 1 aromatic carbocycles. The number of fused-ring (bicyclic) bond motifs is 1. The predicted molar refractivity (Wildman–Crippen MR) is 89.3 cm³/mol. The van der Waals surface area contributed by atoms with Crippen LogP contribution in [0.25, 0.3) is 0 Å². The Balaban J connectivity index is 1.55. The summed E-state index contributed by atoms with van der Waals surface area (Å²) >= 11 is 1.91. The summed E-state index contributed by atoms with van der Waals surface area (Å²) in [6.45, 7) is 7.22. The van der Waals surface area contributed by atoms with Crippen molar-refractivity contribution in [2.45, 2.75) is 49.8 Å². The molecule has 1 aromatic rings. The molecule has 0 spiro atoms. The third kappa shape index (κ3) is 3.58. The molecular weight excluding hydrogens is 296 g/mol. The number of hydrogen-bond acceptors (Lipinski definition) is 4. The second-order valence-electron chi connectivity index (χ2n) is 6.98. The lowest BCUT2D eigenvalue weighted by atomic mass is 10.1. The van der Waals surface area contributed by atoms with Crippen molar-refractivity contribution in [2.24, 2.45) is 0 Å². The molecule has 2 atom stereocenters. The average Bonchev–Trinajstić information content (AvgIpc) is 3.05. The first-order valence-electron chi connectivity index (χ1n) is 7.88. The maximum absolute atomic E-state index is 12.1. The standard InChI is InChI=1S/C17H24N2O2S/c1-17(2,3)21-16(20)19-9-8-12(10-19)18-14-11-22-15-7-5-4-6-13(14)15/h4-7,12,14,18H,8-11H2,1-3H3. The van der Waals surface area contributed by atoms with Gasteiger partial charge in [-0.2, -0.15) is 0 Å². The molecule has 0 bridgehead atoms. The van der Waals surface area contributed by atoms with Gasteiger partial charge in [0, 0.05) is 35.8 Å². The zero-order valence-electron chi connectivity index (χ0n) is 13.5. The van der Waals surface area contributed by atoms with E-state index in [0.717, 1.165) is 25.3 Å². The van der Waals surface area contributed by atoms with Gasteiger partial charge >= 0.3 is 6.09 Å². The molecular formula is C17H24N2O2S. The van der Waals surface area contributed by atoms with Gasteiger partial charge in [0.15, 0.2) is 0 Å². The highest BCUT2D eigenvalue weighted by Crippen LogP contribution is 2.38. The van der Waals surface area contributed by atoms with Gasteiger partial charge in [-0.05, 0) is 38.8 Å². The molecule has 0 radical (unpaired) electrons. The lowest BCUT2D eigenvalue weighted by Gasteiger charge is -2.25. The zero-order valence-corrected chi connectivity index (χ0v) is 14.3. The average molecular weight is 320 g/mol. The quantitative estimate of drug-likeness (QED) is 0.906. The van der Waals surface area contributed by atoms with Gasteiger partial charge in [-0.1, -0.05) is 18.2 Å². The summed E-state index contributed by atoms with van der Waals surface area (Å²) in [6.07, 6.45) is 0.792. The number of amides is 1. The summed E-state index contributed by atoms with van der Waals surface area (Å²) in [6, 6.07) is 9.32. The van der Waals surface area contributed by atoms with Gasteiger partial charge in [0.1, 0.15) is 5.60 Å². The minimum absolute atomic E-state index is 0.196. The van der Waals surface area contributed by atoms with Crippen molar-refractivity contribution in [3.8, 4) is 0 Å². The first-order chi connectivity index (χ1) is 10.4. The van der Waals surface area contributed by atoms with Gasteiger partial charge in [0.25, 0.3) is 0 Å². The van der Waals surface area contributed by atoms with Crippen LogP contribution in [0.4, 0.5) is 4.79 Å². The van der Waals surface area contributed by atoms with E-state index >= 15 is 0 Å². The summed E-state index contributed by atoms with van der Waals surface area (Å²) in [5.41, 5.74) is 0.965. The van der Waals surface area contributed by atoms with Crippen molar-refractivity contribution >= 4 is 17.9 Å². The summed E-state index contributed by atoms with van der Waals surface area (Å²) < 4.78 is 5.45. The van der Waals surface area contributed by atoms with Gasteiger partial charge in [0.2, 0.25) is 0 Å². The number of likely N-dealkylation sites (tertiary alicyclic amines) is 1. The van der Waals surface area contributed by atoms with Crippen molar-refractivity contribution in [1.82, 2.24) is 10.2 Å². The largest absolute Gasteiger partial charge is 0.444 e. The van der Waals surface area contributed by atoms with E-state index < -0.39 is 5.60 Å². The maximum Gasteiger partial charge on any atom is 0.410 e. The Morgan fingerprint density at radius 2 is 2.14 bits per heavy atom. The van der Waals surface area contributed by atoms with Gasteiger partial charge in [0.05, 0.1) is 0 Å². The predicted octanol–water partition coefficient (Wildman–Crippen LogP) is 3.43. The molecule has 2 heterocycles. The molecule has 5 heteroatoms. The van der Waals surface area contributed by atoms with E-state index in [1.54, 1.807) is 0 Å². The Morgan fingerprint density at radius 1 is 1.36 bits per heavy atom. The molecule has 2 aliphatic rings. The number of benzene rings is 1. The molecule has 2 unspecified atom stereocenters. The minimum atomic E-state index is -0.427. The van der Waals surface area contributed by atoms with Crippen LogP contribution < -0.4 is 5.32 Å². The molecule has 120 valence electrons. The van der Waals surface area contributed by atoms with E-state index in [1.807, 2.05) is 37.4 Å². The molecule has 0 saturated carbocycles. The number of nitrogens with one attached hydrogen (secondary N) is 1. The van der Waals surface area contributed by atoms with Crippen molar-refractivity contribution < 1.29 is 9.53 Å². The second-order valence-corrected chi connectivity index (χ2v) is 8.04. The fourth-order valence-electron chi connectivity index (χ4n) is 2.97. The molecule has 1 saturated heterocycles. The third-order valence-electron chi connectivity index (χ3n) is 3.98. The van der Waals surface area contributed by atoms with Crippen LogP contribution in [0.15, 0.2) is 29.2 Å². The lowest BCUT2D eigenvalue weighted by molar-refractivity contribution is 0.0290. The summed E-state index contributed by atoms with van der Waals surface area (Å²) in [7, 11) is 0.